The van der Waals surface area contributed by atoms with E-state index in [1.807, 2.05) is 32.0 Å². The molecule has 1 aromatic carbocycles. The van der Waals surface area contributed by atoms with E-state index in [4.69, 9.17) is 0 Å². The molecule has 1 amide bonds. The molecule has 0 bridgehead atoms. The van der Waals surface area contributed by atoms with E-state index in [1.54, 1.807) is 18.3 Å². The predicted octanol–water partition coefficient (Wildman–Crippen LogP) is 2.22. The van der Waals surface area contributed by atoms with Crippen LogP contribution in [-0.4, -0.2) is 27.8 Å². The zero-order valence-electron chi connectivity index (χ0n) is 11.2. The van der Waals surface area contributed by atoms with Gasteiger partial charge in [-0.2, -0.15) is 0 Å². The summed E-state index contributed by atoms with van der Waals surface area (Å²) in [5.41, 5.74) is 4.47. The molecule has 1 aromatic heterocycles. The Labute approximate surface area is 111 Å². The molecule has 0 saturated heterocycles. The molecule has 2 heterocycles. The molecule has 5 nitrogen and oxygen atoms in total. The largest absolute Gasteiger partial charge is 0.359 e. The Hall–Kier alpha value is -2.30. The Morgan fingerprint density at radius 2 is 2.11 bits per heavy atom. The van der Waals surface area contributed by atoms with Crippen molar-refractivity contribution >= 4 is 11.6 Å². The number of amides is 1. The average molecular weight is 256 g/mol. The number of aromatic amines is 1. The fourth-order valence-electron chi connectivity index (χ4n) is 2.41. The Morgan fingerprint density at radius 1 is 1.32 bits per heavy atom. The van der Waals surface area contributed by atoms with Crippen molar-refractivity contribution in [3.8, 4) is 0 Å². The van der Waals surface area contributed by atoms with Crippen LogP contribution in [0.25, 0.3) is 0 Å². The van der Waals surface area contributed by atoms with Gasteiger partial charge in [0.05, 0.1) is 11.9 Å². The van der Waals surface area contributed by atoms with Gasteiger partial charge in [-0.05, 0) is 26.0 Å². The van der Waals surface area contributed by atoms with Gasteiger partial charge in [0, 0.05) is 18.4 Å². The van der Waals surface area contributed by atoms with Crippen LogP contribution in [0.2, 0.25) is 0 Å². The van der Waals surface area contributed by atoms with E-state index >= 15 is 0 Å². The zero-order chi connectivity index (χ0) is 13.6. The number of hydrogen-bond acceptors (Lipinski definition) is 3. The van der Waals surface area contributed by atoms with E-state index in [2.05, 4.69) is 15.3 Å². The molecular formula is C14H16N4O. The monoisotopic (exact) mass is 256 g/mol. The van der Waals surface area contributed by atoms with Gasteiger partial charge in [0.1, 0.15) is 11.9 Å². The lowest BCUT2D eigenvalue weighted by Gasteiger charge is -2.34. The van der Waals surface area contributed by atoms with Crippen molar-refractivity contribution in [3.05, 3.63) is 47.0 Å². The lowest BCUT2D eigenvalue weighted by atomic mass is 10.0. The number of fused-ring (bicyclic) bond motifs is 1. The van der Waals surface area contributed by atoms with Gasteiger partial charge in [-0.25, -0.2) is 4.98 Å². The molecule has 0 aliphatic carbocycles. The molecule has 1 atom stereocenters. The summed E-state index contributed by atoms with van der Waals surface area (Å²) < 4.78 is 0. The standard InChI is InChI=1S/C14H16N4O/c1-8-4-5-11-10(6-8)14(19)18(3)13(17-11)12-9(2)15-7-16-12/h4-7,13,17H,1-3H3,(H,15,16)/t13-/m0/s1. The number of rotatable bonds is 1. The maximum Gasteiger partial charge on any atom is 0.257 e. The molecule has 2 N–H and O–H groups in total. The van der Waals surface area contributed by atoms with Crippen LogP contribution in [0, 0.1) is 13.8 Å². The number of carbonyl (C=O) groups is 1. The maximum absolute atomic E-state index is 12.4. The highest BCUT2D eigenvalue weighted by atomic mass is 16.2. The highest BCUT2D eigenvalue weighted by molar-refractivity contribution is 6.01. The number of imidazole rings is 1. The quantitative estimate of drug-likeness (QED) is 0.822. The Balaban J connectivity index is 2.06. The van der Waals surface area contributed by atoms with Crippen molar-refractivity contribution in [1.82, 2.24) is 14.9 Å². The first-order chi connectivity index (χ1) is 9.08. The van der Waals surface area contributed by atoms with Crippen LogP contribution in [0.4, 0.5) is 5.69 Å². The van der Waals surface area contributed by atoms with Gasteiger partial charge in [0.25, 0.3) is 5.91 Å². The minimum Gasteiger partial charge on any atom is -0.359 e. The second-order valence-electron chi connectivity index (χ2n) is 4.92. The van der Waals surface area contributed by atoms with E-state index in [0.717, 1.165) is 22.6 Å². The number of benzene rings is 1. The van der Waals surface area contributed by atoms with Crippen LogP contribution < -0.4 is 5.32 Å². The molecule has 0 fully saturated rings. The van der Waals surface area contributed by atoms with Gasteiger partial charge in [0.15, 0.2) is 0 Å². The van der Waals surface area contributed by atoms with E-state index in [-0.39, 0.29) is 12.1 Å². The molecule has 0 spiro atoms. The summed E-state index contributed by atoms with van der Waals surface area (Å²) in [5, 5.41) is 3.37. The van der Waals surface area contributed by atoms with Crippen LogP contribution in [0.1, 0.15) is 33.5 Å². The predicted molar refractivity (Wildman–Crippen MR) is 73.0 cm³/mol. The van der Waals surface area contributed by atoms with Crippen LogP contribution in [0.3, 0.4) is 0 Å². The average Bonchev–Trinajstić information content (AvgIpc) is 2.81. The summed E-state index contributed by atoms with van der Waals surface area (Å²) in [6.45, 7) is 3.94. The number of hydrogen-bond donors (Lipinski definition) is 2. The smallest absolute Gasteiger partial charge is 0.257 e. The minimum atomic E-state index is -0.228. The molecule has 98 valence electrons. The third-order valence-electron chi connectivity index (χ3n) is 3.53. The second kappa shape index (κ2) is 4.12. The number of H-pyrrole nitrogens is 1. The summed E-state index contributed by atoms with van der Waals surface area (Å²) in [6.07, 6.45) is 1.42. The summed E-state index contributed by atoms with van der Waals surface area (Å²) in [5.74, 6) is 0.0184. The van der Waals surface area contributed by atoms with Gasteiger partial charge >= 0.3 is 0 Å². The first kappa shape index (κ1) is 11.8. The molecule has 19 heavy (non-hydrogen) atoms. The maximum atomic E-state index is 12.4. The van der Waals surface area contributed by atoms with Crippen molar-refractivity contribution in [3.63, 3.8) is 0 Å². The topological polar surface area (TPSA) is 61.0 Å². The van der Waals surface area contributed by atoms with E-state index in [0.29, 0.717) is 5.56 Å². The van der Waals surface area contributed by atoms with E-state index in [1.165, 1.54) is 0 Å². The molecule has 0 radical (unpaired) electrons. The second-order valence-corrected chi connectivity index (χ2v) is 4.92. The summed E-state index contributed by atoms with van der Waals surface area (Å²) in [6, 6.07) is 5.86. The zero-order valence-corrected chi connectivity index (χ0v) is 11.2. The van der Waals surface area contributed by atoms with Crippen molar-refractivity contribution in [2.24, 2.45) is 0 Å². The van der Waals surface area contributed by atoms with Crippen molar-refractivity contribution < 1.29 is 4.79 Å². The molecule has 3 rings (SSSR count). The molecule has 0 saturated carbocycles. The SMILES string of the molecule is Cc1ccc2c(c1)C(=O)N(C)[C@@H](c1nc[nH]c1C)N2. The number of carbonyl (C=O) groups excluding carboxylic acids is 1. The Kier molecular flexibility index (Phi) is 2.55. The van der Waals surface area contributed by atoms with E-state index in [9.17, 15) is 4.79 Å². The summed E-state index contributed by atoms with van der Waals surface area (Å²) in [7, 11) is 1.79. The van der Waals surface area contributed by atoms with Gasteiger partial charge in [-0.15, -0.1) is 0 Å². The van der Waals surface area contributed by atoms with Crippen molar-refractivity contribution in [2.75, 3.05) is 12.4 Å². The number of anilines is 1. The highest BCUT2D eigenvalue weighted by Crippen LogP contribution is 2.32. The third kappa shape index (κ3) is 1.78. The number of aryl methyl sites for hydroxylation is 2. The van der Waals surface area contributed by atoms with Crippen LogP contribution in [0.15, 0.2) is 24.5 Å². The molecule has 2 aromatic rings. The van der Waals surface area contributed by atoms with Crippen molar-refractivity contribution in [2.45, 2.75) is 20.0 Å². The normalized spacial score (nSPS) is 18.2. The lowest BCUT2D eigenvalue weighted by molar-refractivity contribution is 0.0732. The van der Waals surface area contributed by atoms with Gasteiger partial charge in [-0.1, -0.05) is 11.6 Å². The minimum absolute atomic E-state index is 0.0184. The van der Waals surface area contributed by atoms with Crippen LogP contribution >= 0.6 is 0 Å². The molecule has 0 unspecified atom stereocenters. The van der Waals surface area contributed by atoms with E-state index < -0.39 is 0 Å². The van der Waals surface area contributed by atoms with Gasteiger partial charge < -0.3 is 15.2 Å². The third-order valence-corrected chi connectivity index (χ3v) is 3.53. The summed E-state index contributed by atoms with van der Waals surface area (Å²) >= 11 is 0. The van der Waals surface area contributed by atoms with Gasteiger partial charge in [0.2, 0.25) is 0 Å². The first-order valence-electron chi connectivity index (χ1n) is 6.22. The number of nitrogens with one attached hydrogen (secondary N) is 2. The van der Waals surface area contributed by atoms with Gasteiger partial charge in [-0.3, -0.25) is 4.79 Å². The fraction of sp³-hybridized carbons (Fsp3) is 0.286. The molecule has 1 aliphatic heterocycles. The molecule has 1 aliphatic rings. The van der Waals surface area contributed by atoms with Crippen molar-refractivity contribution in [1.29, 1.82) is 0 Å². The molecular weight excluding hydrogens is 240 g/mol. The Morgan fingerprint density at radius 3 is 2.79 bits per heavy atom. The number of nitrogens with zero attached hydrogens (tertiary/aromatic N) is 2. The lowest BCUT2D eigenvalue weighted by Crippen LogP contribution is -2.40. The Bertz CT molecular complexity index is 647. The number of aromatic nitrogens is 2. The van der Waals surface area contributed by atoms with Crippen LogP contribution in [-0.2, 0) is 0 Å². The first-order valence-corrected chi connectivity index (χ1v) is 6.22. The van der Waals surface area contributed by atoms with Crippen LogP contribution in [0.5, 0.6) is 0 Å². The summed E-state index contributed by atoms with van der Waals surface area (Å²) in [4.78, 5) is 21.5. The highest BCUT2D eigenvalue weighted by Gasteiger charge is 2.32. The molecule has 5 heteroatoms. The fourth-order valence-corrected chi connectivity index (χ4v) is 2.41.